The normalized spacial score (nSPS) is 17.6. The third kappa shape index (κ3) is 3.03. The minimum Gasteiger partial charge on any atom is -0.317 e. The van der Waals surface area contributed by atoms with E-state index in [2.05, 4.69) is 21.2 Å². The summed E-state index contributed by atoms with van der Waals surface area (Å²) in [6, 6.07) is 1.37. The first-order valence-electron chi connectivity index (χ1n) is 6.17. The molecule has 112 valence electrons. The van der Waals surface area contributed by atoms with Gasteiger partial charge in [0.25, 0.3) is 0 Å². The van der Waals surface area contributed by atoms with Gasteiger partial charge in [0.2, 0.25) is 10.0 Å². The van der Waals surface area contributed by atoms with Crippen molar-refractivity contribution in [1.82, 2.24) is 9.62 Å². The fourth-order valence-corrected chi connectivity index (χ4v) is 4.20. The molecule has 0 amide bonds. The molecule has 1 aliphatic heterocycles. The Morgan fingerprint density at radius 2 is 1.85 bits per heavy atom. The van der Waals surface area contributed by atoms with Gasteiger partial charge in [0.05, 0.1) is 4.47 Å². The highest BCUT2D eigenvalue weighted by Gasteiger charge is 2.31. The van der Waals surface area contributed by atoms with Crippen LogP contribution in [0.25, 0.3) is 0 Å². The van der Waals surface area contributed by atoms with Crippen molar-refractivity contribution in [2.75, 3.05) is 20.1 Å². The van der Waals surface area contributed by atoms with Crippen molar-refractivity contribution in [1.29, 1.82) is 0 Å². The number of nitrogens with one attached hydrogen (secondary N) is 1. The van der Waals surface area contributed by atoms with E-state index < -0.39 is 26.6 Å². The molecule has 0 atom stereocenters. The van der Waals surface area contributed by atoms with Crippen LogP contribution in [-0.2, 0) is 10.0 Å². The summed E-state index contributed by atoms with van der Waals surface area (Å²) in [4.78, 5) is -0.508. The molecule has 1 heterocycles. The molecular weight excluding hydrogens is 354 g/mol. The molecule has 1 aromatic carbocycles. The van der Waals surface area contributed by atoms with Crippen LogP contribution < -0.4 is 5.32 Å². The van der Waals surface area contributed by atoms with E-state index in [4.69, 9.17) is 0 Å². The first kappa shape index (κ1) is 15.8. The molecule has 1 aromatic rings. The second-order valence-corrected chi connectivity index (χ2v) is 7.52. The topological polar surface area (TPSA) is 49.4 Å². The highest BCUT2D eigenvalue weighted by Crippen LogP contribution is 2.27. The van der Waals surface area contributed by atoms with Gasteiger partial charge in [0, 0.05) is 19.2 Å². The lowest BCUT2D eigenvalue weighted by atomic mass is 10.1. The van der Waals surface area contributed by atoms with Gasteiger partial charge in [-0.1, -0.05) is 0 Å². The van der Waals surface area contributed by atoms with E-state index in [1.807, 2.05) is 0 Å². The number of hydrogen-bond acceptors (Lipinski definition) is 3. The van der Waals surface area contributed by atoms with E-state index >= 15 is 0 Å². The summed E-state index contributed by atoms with van der Waals surface area (Å²) in [6.45, 7) is 1.44. The van der Waals surface area contributed by atoms with Crippen molar-refractivity contribution in [3.05, 3.63) is 28.2 Å². The zero-order chi connectivity index (χ0) is 14.9. The first-order chi connectivity index (χ1) is 9.34. The molecule has 0 spiro atoms. The van der Waals surface area contributed by atoms with Crippen LogP contribution in [0.15, 0.2) is 21.5 Å². The molecule has 1 saturated heterocycles. The summed E-state index contributed by atoms with van der Waals surface area (Å²) in [5.41, 5.74) is 0. The van der Waals surface area contributed by atoms with Gasteiger partial charge in [-0.25, -0.2) is 17.2 Å². The largest absolute Gasteiger partial charge is 0.317 e. The number of piperidine rings is 1. The van der Waals surface area contributed by atoms with Crippen molar-refractivity contribution in [3.8, 4) is 0 Å². The SMILES string of the molecule is CN(C1CCNCC1)S(=O)(=O)c1cc(Br)c(F)cc1F. The van der Waals surface area contributed by atoms with E-state index in [0.717, 1.165) is 19.2 Å². The molecular formula is C12H15BrF2N2O2S. The average molecular weight is 369 g/mol. The number of hydrogen-bond donors (Lipinski definition) is 1. The number of halogens is 3. The van der Waals surface area contributed by atoms with E-state index in [1.165, 1.54) is 11.4 Å². The molecule has 20 heavy (non-hydrogen) atoms. The highest BCUT2D eigenvalue weighted by atomic mass is 79.9. The summed E-state index contributed by atoms with van der Waals surface area (Å²) in [5, 5.41) is 3.14. The molecule has 1 fully saturated rings. The monoisotopic (exact) mass is 368 g/mol. The molecule has 0 saturated carbocycles. The van der Waals surface area contributed by atoms with Crippen LogP contribution in [0.3, 0.4) is 0 Å². The lowest BCUT2D eigenvalue weighted by molar-refractivity contribution is 0.295. The molecule has 1 N–H and O–H groups in total. The van der Waals surface area contributed by atoms with E-state index in [9.17, 15) is 17.2 Å². The van der Waals surface area contributed by atoms with Crippen molar-refractivity contribution in [3.63, 3.8) is 0 Å². The van der Waals surface area contributed by atoms with E-state index in [0.29, 0.717) is 18.9 Å². The Morgan fingerprint density at radius 3 is 2.45 bits per heavy atom. The summed E-state index contributed by atoms with van der Waals surface area (Å²) < 4.78 is 53.0. The minimum absolute atomic E-state index is 0.0730. The zero-order valence-corrected chi connectivity index (χ0v) is 13.3. The molecule has 8 heteroatoms. The van der Waals surface area contributed by atoms with Crippen LogP contribution in [0.2, 0.25) is 0 Å². The molecule has 2 rings (SSSR count). The van der Waals surface area contributed by atoms with Crippen LogP contribution in [0.5, 0.6) is 0 Å². The quantitative estimate of drug-likeness (QED) is 0.831. The Bertz CT molecular complexity index is 604. The maximum Gasteiger partial charge on any atom is 0.246 e. The summed E-state index contributed by atoms with van der Waals surface area (Å²) in [6.07, 6.45) is 1.33. The molecule has 0 aromatic heterocycles. The molecule has 1 aliphatic rings. The molecule has 0 unspecified atom stereocenters. The molecule has 0 bridgehead atoms. The van der Waals surface area contributed by atoms with Crippen LogP contribution in [0.4, 0.5) is 8.78 Å². The number of nitrogens with zero attached hydrogens (tertiary/aromatic N) is 1. The van der Waals surface area contributed by atoms with Gasteiger partial charge < -0.3 is 5.32 Å². The molecule has 0 radical (unpaired) electrons. The minimum atomic E-state index is -3.97. The van der Waals surface area contributed by atoms with E-state index in [1.54, 1.807) is 0 Å². The maximum atomic E-state index is 13.8. The predicted octanol–water partition coefficient (Wildman–Crippen LogP) is 2.10. The van der Waals surface area contributed by atoms with Crippen LogP contribution >= 0.6 is 15.9 Å². The lowest BCUT2D eigenvalue weighted by Crippen LogP contribution is -2.44. The summed E-state index contributed by atoms with van der Waals surface area (Å²) in [7, 11) is -2.54. The van der Waals surface area contributed by atoms with Crippen molar-refractivity contribution in [2.24, 2.45) is 0 Å². The van der Waals surface area contributed by atoms with Crippen molar-refractivity contribution in [2.45, 2.75) is 23.8 Å². The smallest absolute Gasteiger partial charge is 0.246 e. The number of rotatable bonds is 3. The standard InChI is InChI=1S/C12H15BrF2N2O2S/c1-17(8-2-4-16-5-3-8)20(18,19)12-6-9(13)10(14)7-11(12)15/h6-8,16H,2-5H2,1H3. The third-order valence-electron chi connectivity index (χ3n) is 3.45. The average Bonchev–Trinajstić information content (AvgIpc) is 2.42. The van der Waals surface area contributed by atoms with E-state index in [-0.39, 0.29) is 10.5 Å². The Hall–Kier alpha value is -0.570. The summed E-state index contributed by atoms with van der Waals surface area (Å²) >= 11 is 2.88. The van der Waals surface area contributed by atoms with Crippen LogP contribution in [-0.4, -0.2) is 38.9 Å². The van der Waals surface area contributed by atoms with Crippen LogP contribution in [0.1, 0.15) is 12.8 Å². The zero-order valence-electron chi connectivity index (χ0n) is 10.9. The number of sulfonamides is 1. The summed E-state index contributed by atoms with van der Waals surface area (Å²) in [5.74, 6) is -1.91. The van der Waals surface area contributed by atoms with Gasteiger partial charge in [-0.05, 0) is 47.9 Å². The van der Waals surface area contributed by atoms with Crippen LogP contribution in [0, 0.1) is 11.6 Å². The molecule has 0 aliphatic carbocycles. The lowest BCUT2D eigenvalue weighted by Gasteiger charge is -2.30. The van der Waals surface area contributed by atoms with Crippen molar-refractivity contribution < 1.29 is 17.2 Å². The van der Waals surface area contributed by atoms with Gasteiger partial charge in [0.15, 0.2) is 0 Å². The van der Waals surface area contributed by atoms with Gasteiger partial charge in [-0.2, -0.15) is 4.31 Å². The van der Waals surface area contributed by atoms with Gasteiger partial charge >= 0.3 is 0 Å². The molecule has 4 nitrogen and oxygen atoms in total. The van der Waals surface area contributed by atoms with Crippen molar-refractivity contribution >= 4 is 26.0 Å². The fourth-order valence-electron chi connectivity index (χ4n) is 2.22. The Labute approximate surface area is 125 Å². The highest BCUT2D eigenvalue weighted by molar-refractivity contribution is 9.10. The second-order valence-electron chi connectivity index (χ2n) is 4.70. The van der Waals surface area contributed by atoms with Gasteiger partial charge in [-0.15, -0.1) is 0 Å². The Morgan fingerprint density at radius 1 is 1.25 bits per heavy atom. The fraction of sp³-hybridized carbons (Fsp3) is 0.500. The second kappa shape index (κ2) is 6.05. The number of benzene rings is 1. The Balaban J connectivity index is 2.36. The third-order valence-corrected chi connectivity index (χ3v) is 5.99. The Kier molecular flexibility index (Phi) is 4.78. The van der Waals surface area contributed by atoms with Gasteiger partial charge in [-0.3, -0.25) is 0 Å². The maximum absolute atomic E-state index is 13.8. The predicted molar refractivity (Wildman–Crippen MR) is 74.9 cm³/mol. The first-order valence-corrected chi connectivity index (χ1v) is 8.40. The van der Waals surface area contributed by atoms with Gasteiger partial charge in [0.1, 0.15) is 16.5 Å².